The van der Waals surface area contributed by atoms with Crippen LogP contribution in [0.4, 0.5) is 0 Å². The Bertz CT molecular complexity index is 2690. The number of hydrogen-bond donors (Lipinski definition) is 0. The van der Waals surface area contributed by atoms with Crippen LogP contribution in [0.5, 0.6) is 0 Å². The fourth-order valence-electron chi connectivity index (χ4n) is 7.61. The first-order valence-corrected chi connectivity index (χ1v) is 24.9. The van der Waals surface area contributed by atoms with Crippen molar-refractivity contribution in [1.29, 1.82) is 5.26 Å². The van der Waals surface area contributed by atoms with Crippen LogP contribution in [0, 0.1) is 39.0 Å². The highest BCUT2D eigenvalue weighted by Crippen LogP contribution is 2.49. The second-order valence-electron chi connectivity index (χ2n) is 14.3. The van der Waals surface area contributed by atoms with Crippen LogP contribution >= 0.6 is 45.3 Å². The number of amides is 1. The molecule has 5 aromatic heterocycles. The second kappa shape index (κ2) is 17.6. The van der Waals surface area contributed by atoms with Gasteiger partial charge in [0.2, 0.25) is 0 Å². The van der Waals surface area contributed by atoms with E-state index >= 15 is 0 Å². The van der Waals surface area contributed by atoms with E-state index in [2.05, 4.69) is 105 Å². The Morgan fingerprint density at radius 2 is 1.22 bits per heavy atom. The third-order valence-electron chi connectivity index (χ3n) is 10.3. The summed E-state index contributed by atoms with van der Waals surface area (Å²) < 4.78 is 20.3. The number of aromatic nitrogens is 1. The Kier molecular flexibility index (Phi) is 12.7. The van der Waals surface area contributed by atoms with Gasteiger partial charge in [0.05, 0.1) is 6.17 Å². The van der Waals surface area contributed by atoms with Crippen LogP contribution in [0.15, 0.2) is 72.3 Å². The monoisotopic (exact) mass is 863 g/mol. The first-order valence-electron chi connectivity index (χ1n) is 19.7. The average molecular weight is 864 g/mol. The standard InChI is InChI=1S/C46H49N3O4S4Si/c1-10-49-36-17-15-14-16-34(36)35-24-32(18-19-37(35)49)39-21-29(6)44(55-39)41-23-31(8)45(57-41)42-22-30(7)43(56-42)40-20-28(5)38(54-40)25-33(26-47)46(50)48(9)27-58(51-11-2,52-12-3)53-13-4/h14-25H,10-13,27H2,1-9H3/b33-25+. The van der Waals surface area contributed by atoms with Crippen LogP contribution in [0.3, 0.4) is 0 Å². The predicted molar refractivity (Wildman–Crippen MR) is 249 cm³/mol. The highest BCUT2D eigenvalue weighted by Gasteiger charge is 2.43. The molecule has 0 atom stereocenters. The Balaban J connectivity index is 1.13. The SMILES string of the molecule is CCO[Si](CN(C)C(=O)/C(C#N)=C/c1sc(-c2sc(-c3sc(-c4sc(-c5ccc6c(c5)c5ccccc5n6CC)cc4C)cc3C)cc2C)cc1C)(OCC)OCC. The molecule has 0 N–H and O–H groups in total. The van der Waals surface area contributed by atoms with Gasteiger partial charge in [-0.25, -0.2) is 0 Å². The number of thiophene rings is 4. The summed E-state index contributed by atoms with van der Waals surface area (Å²) in [5.74, 6) is -0.388. The predicted octanol–water partition coefficient (Wildman–Crippen LogP) is 12.9. The number of aryl methyl sites for hydroxylation is 5. The minimum atomic E-state index is -3.14. The lowest BCUT2D eigenvalue weighted by Gasteiger charge is -2.31. The van der Waals surface area contributed by atoms with Crippen LogP contribution in [0.1, 0.15) is 54.8 Å². The zero-order valence-electron chi connectivity index (χ0n) is 34.6. The number of fused-ring (bicyclic) bond motifs is 3. The molecule has 0 radical (unpaired) electrons. The van der Waals surface area contributed by atoms with Crippen molar-refractivity contribution in [1.82, 2.24) is 9.47 Å². The number of para-hydroxylation sites is 1. The van der Waals surface area contributed by atoms with Gasteiger partial charge in [-0.2, -0.15) is 5.26 Å². The van der Waals surface area contributed by atoms with Gasteiger partial charge in [-0.3, -0.25) is 4.79 Å². The number of nitrogens with zero attached hydrogens (tertiary/aromatic N) is 3. The molecule has 7 rings (SSSR count). The highest BCUT2D eigenvalue weighted by atomic mass is 32.1. The molecule has 0 aliphatic carbocycles. The lowest BCUT2D eigenvalue weighted by atomic mass is 10.1. The Morgan fingerprint density at radius 3 is 1.79 bits per heavy atom. The van der Waals surface area contributed by atoms with E-state index in [4.69, 9.17) is 13.3 Å². The maximum Gasteiger partial charge on any atom is 0.521 e. The van der Waals surface area contributed by atoms with E-state index in [-0.39, 0.29) is 17.6 Å². The second-order valence-corrected chi connectivity index (χ2v) is 21.1. The third-order valence-corrected chi connectivity index (χ3v) is 18.8. The van der Waals surface area contributed by atoms with Crippen LogP contribution in [-0.4, -0.2) is 57.2 Å². The highest BCUT2D eigenvalue weighted by molar-refractivity contribution is 7.29. The maximum absolute atomic E-state index is 13.6. The molecule has 7 aromatic rings. The van der Waals surface area contributed by atoms with Crippen molar-refractivity contribution < 1.29 is 18.1 Å². The summed E-state index contributed by atoms with van der Waals surface area (Å²) in [7, 11) is -1.47. The van der Waals surface area contributed by atoms with Crippen molar-refractivity contribution in [2.75, 3.05) is 33.0 Å². The molecule has 0 aliphatic heterocycles. The minimum absolute atomic E-state index is 0.0633. The molecule has 1 amide bonds. The summed E-state index contributed by atoms with van der Waals surface area (Å²) in [5.41, 5.74) is 8.68. The van der Waals surface area contributed by atoms with E-state index in [1.54, 1.807) is 35.8 Å². The smallest absolute Gasteiger partial charge is 0.373 e. The van der Waals surface area contributed by atoms with E-state index in [9.17, 15) is 10.1 Å². The van der Waals surface area contributed by atoms with E-state index in [0.717, 1.165) is 21.9 Å². The molecule has 300 valence electrons. The molecule has 0 fully saturated rings. The molecule has 58 heavy (non-hydrogen) atoms. The summed E-state index contributed by atoms with van der Waals surface area (Å²) in [5, 5.41) is 12.7. The minimum Gasteiger partial charge on any atom is -0.373 e. The summed E-state index contributed by atoms with van der Waals surface area (Å²) >= 11 is 7.15. The molecule has 5 heterocycles. The van der Waals surface area contributed by atoms with Gasteiger partial charge < -0.3 is 22.7 Å². The van der Waals surface area contributed by atoms with Gasteiger partial charge >= 0.3 is 8.80 Å². The van der Waals surface area contributed by atoms with Gasteiger partial charge in [0.25, 0.3) is 5.91 Å². The number of likely N-dealkylation sites (N-methyl/N-ethyl adjacent to an activating group) is 1. The Labute approximate surface area is 358 Å². The van der Waals surface area contributed by atoms with Crippen LogP contribution in [0.25, 0.3) is 67.6 Å². The van der Waals surface area contributed by atoms with Gasteiger partial charge in [0.15, 0.2) is 0 Å². The van der Waals surface area contributed by atoms with E-state index in [0.29, 0.717) is 19.8 Å². The third kappa shape index (κ3) is 8.07. The first-order chi connectivity index (χ1) is 27.9. The van der Waals surface area contributed by atoms with Gasteiger partial charge in [-0.15, -0.1) is 45.3 Å². The van der Waals surface area contributed by atoms with Crippen LogP contribution in [0.2, 0.25) is 0 Å². The molecule has 0 saturated carbocycles. The Morgan fingerprint density at radius 1 is 0.707 bits per heavy atom. The zero-order valence-corrected chi connectivity index (χ0v) is 38.8. The topological polar surface area (TPSA) is 76.7 Å². The van der Waals surface area contributed by atoms with Crippen molar-refractivity contribution in [2.24, 2.45) is 0 Å². The molecule has 7 nitrogen and oxygen atoms in total. The molecule has 12 heteroatoms. The molecular weight excluding hydrogens is 815 g/mol. The van der Waals surface area contributed by atoms with Gasteiger partial charge in [-0.1, -0.05) is 24.3 Å². The summed E-state index contributed by atoms with van der Waals surface area (Å²) in [6, 6.07) is 26.9. The van der Waals surface area contributed by atoms with Crippen molar-refractivity contribution in [3.63, 3.8) is 0 Å². The van der Waals surface area contributed by atoms with Crippen molar-refractivity contribution in [3.8, 4) is 45.8 Å². The lowest BCUT2D eigenvalue weighted by Crippen LogP contribution is -2.55. The summed E-state index contributed by atoms with van der Waals surface area (Å²) in [6.07, 6.45) is 1.87. The molecule has 0 bridgehead atoms. The molecule has 0 spiro atoms. The summed E-state index contributed by atoms with van der Waals surface area (Å²) in [6.45, 7) is 18.7. The zero-order chi connectivity index (χ0) is 41.3. The van der Waals surface area contributed by atoms with Gasteiger partial charge in [0.1, 0.15) is 11.6 Å². The molecule has 0 saturated heterocycles. The normalized spacial score (nSPS) is 12.2. The number of carbonyl (C=O) groups is 1. The lowest BCUT2D eigenvalue weighted by molar-refractivity contribution is -0.125. The number of nitriles is 1. The first kappa shape index (κ1) is 42.0. The Hall–Kier alpha value is -4.16. The quantitative estimate of drug-likeness (QED) is 0.0583. The van der Waals surface area contributed by atoms with E-state index < -0.39 is 8.80 Å². The van der Waals surface area contributed by atoms with E-state index in [1.165, 1.54) is 78.2 Å². The van der Waals surface area contributed by atoms with Gasteiger partial charge in [0, 0.05) is 94.2 Å². The van der Waals surface area contributed by atoms with Gasteiger partial charge in [-0.05, 0) is 132 Å². The number of carbonyl (C=O) groups excluding carboxylic acids is 1. The van der Waals surface area contributed by atoms with Crippen LogP contribution in [-0.2, 0) is 24.6 Å². The summed E-state index contributed by atoms with van der Waals surface area (Å²) in [4.78, 5) is 24.7. The molecular formula is C46H49N3O4S4Si. The van der Waals surface area contributed by atoms with Crippen molar-refractivity contribution >= 4 is 87.9 Å². The number of benzene rings is 2. The fraction of sp³-hybridized carbons (Fsp3) is 0.304. The van der Waals surface area contributed by atoms with Crippen molar-refractivity contribution in [3.05, 3.63) is 99.4 Å². The average Bonchev–Trinajstić information content (AvgIpc) is 4.03. The molecule has 0 unspecified atom stereocenters. The largest absolute Gasteiger partial charge is 0.521 e. The van der Waals surface area contributed by atoms with E-state index in [1.807, 2.05) is 50.4 Å². The van der Waals surface area contributed by atoms with Crippen molar-refractivity contribution in [2.45, 2.75) is 61.9 Å². The number of hydrogen-bond acceptors (Lipinski definition) is 9. The maximum atomic E-state index is 13.6. The molecule has 0 aliphatic rings. The molecule has 2 aromatic carbocycles. The fourth-order valence-corrected chi connectivity index (χ4v) is 15.3. The van der Waals surface area contributed by atoms with Crippen LogP contribution < -0.4 is 0 Å². The number of rotatable bonds is 15.